The van der Waals surface area contributed by atoms with Crippen LogP contribution in [0.15, 0.2) is 23.0 Å². The molecule has 4 nitrogen and oxygen atoms in total. The first-order valence-corrected chi connectivity index (χ1v) is 5.99. The average Bonchev–Trinajstić information content (AvgIpc) is 2.77. The zero-order chi connectivity index (χ0) is 12.9. The maximum atomic E-state index is 12.4. The van der Waals surface area contributed by atoms with Crippen molar-refractivity contribution in [2.45, 2.75) is 26.3 Å². The number of pyridine rings is 1. The second-order valence-electron chi connectivity index (χ2n) is 4.68. The molecule has 0 saturated heterocycles. The molecule has 2 heterocycles. The molecule has 1 aromatic carbocycles. The summed E-state index contributed by atoms with van der Waals surface area (Å²) in [5.74, 6) is -1.11. The number of fused-ring (bicyclic) bond motifs is 3. The Bertz CT molecular complexity index is 728. The molecule has 0 bridgehead atoms. The summed E-state index contributed by atoms with van der Waals surface area (Å²) in [5.41, 5.74) is 1.98. The zero-order valence-corrected chi connectivity index (χ0v) is 10.1. The molecule has 0 aliphatic carbocycles. The molecule has 0 unspecified atom stereocenters. The van der Waals surface area contributed by atoms with Gasteiger partial charge in [-0.2, -0.15) is 0 Å². The standard InChI is InChI=1S/C14H13NO3/c1-8-4-2-5-9-11(8)13(16)12(14(17)18)10-6-3-7-15(9)10/h2,4-5H,3,6-7H2,1H3,(H,17,18). The first-order valence-electron chi connectivity index (χ1n) is 5.99. The molecular weight excluding hydrogens is 230 g/mol. The molecule has 0 radical (unpaired) electrons. The molecule has 0 amide bonds. The Kier molecular flexibility index (Phi) is 2.26. The summed E-state index contributed by atoms with van der Waals surface area (Å²) in [6.45, 7) is 2.63. The van der Waals surface area contributed by atoms with Gasteiger partial charge in [0.1, 0.15) is 5.56 Å². The summed E-state index contributed by atoms with van der Waals surface area (Å²) < 4.78 is 1.98. The van der Waals surface area contributed by atoms with E-state index in [0.717, 1.165) is 24.0 Å². The van der Waals surface area contributed by atoms with Gasteiger partial charge in [-0.25, -0.2) is 4.79 Å². The Morgan fingerprint density at radius 1 is 1.39 bits per heavy atom. The lowest BCUT2D eigenvalue weighted by Crippen LogP contribution is -2.22. The molecular formula is C14H13NO3. The number of aromatic carboxylic acids is 1. The van der Waals surface area contributed by atoms with E-state index in [1.165, 1.54) is 0 Å². The maximum Gasteiger partial charge on any atom is 0.341 e. The van der Waals surface area contributed by atoms with Crippen LogP contribution in [0.4, 0.5) is 0 Å². The van der Waals surface area contributed by atoms with Gasteiger partial charge >= 0.3 is 5.97 Å². The van der Waals surface area contributed by atoms with Crippen molar-refractivity contribution in [3.63, 3.8) is 0 Å². The van der Waals surface area contributed by atoms with E-state index >= 15 is 0 Å². The molecule has 92 valence electrons. The number of hydrogen-bond donors (Lipinski definition) is 1. The smallest absolute Gasteiger partial charge is 0.341 e. The van der Waals surface area contributed by atoms with Crippen LogP contribution in [0.25, 0.3) is 10.9 Å². The predicted molar refractivity (Wildman–Crippen MR) is 68.2 cm³/mol. The third-order valence-corrected chi connectivity index (χ3v) is 3.62. The maximum absolute atomic E-state index is 12.4. The molecule has 1 aliphatic rings. The van der Waals surface area contributed by atoms with Crippen molar-refractivity contribution in [1.29, 1.82) is 0 Å². The Balaban J connectivity index is 2.59. The van der Waals surface area contributed by atoms with Gasteiger partial charge < -0.3 is 9.67 Å². The summed E-state index contributed by atoms with van der Waals surface area (Å²) in [6.07, 6.45) is 1.56. The van der Waals surface area contributed by atoms with Crippen molar-refractivity contribution in [3.05, 3.63) is 45.2 Å². The van der Waals surface area contributed by atoms with Gasteiger partial charge in [-0.3, -0.25) is 4.79 Å². The molecule has 0 spiro atoms. The van der Waals surface area contributed by atoms with Gasteiger partial charge in [-0.1, -0.05) is 12.1 Å². The second-order valence-corrected chi connectivity index (χ2v) is 4.68. The van der Waals surface area contributed by atoms with Crippen LogP contribution in [0.3, 0.4) is 0 Å². The number of aryl methyl sites for hydroxylation is 2. The number of carboxylic acids is 1. The Morgan fingerprint density at radius 2 is 2.17 bits per heavy atom. The monoisotopic (exact) mass is 243 g/mol. The number of benzene rings is 1. The minimum absolute atomic E-state index is 0.0469. The number of rotatable bonds is 1. The predicted octanol–water partition coefficient (Wildman–Crippen LogP) is 1.95. The van der Waals surface area contributed by atoms with Crippen molar-refractivity contribution in [2.24, 2.45) is 0 Å². The van der Waals surface area contributed by atoms with Gasteiger partial charge in [0.2, 0.25) is 5.43 Å². The largest absolute Gasteiger partial charge is 0.477 e. The van der Waals surface area contributed by atoms with Crippen LogP contribution in [-0.2, 0) is 13.0 Å². The molecule has 3 rings (SSSR count). The number of nitrogens with zero attached hydrogens (tertiary/aromatic N) is 1. The number of carbonyl (C=O) groups is 1. The fourth-order valence-corrected chi connectivity index (χ4v) is 2.85. The lowest BCUT2D eigenvalue weighted by molar-refractivity contribution is 0.0694. The van der Waals surface area contributed by atoms with Crippen molar-refractivity contribution >= 4 is 16.9 Å². The Labute approximate surface area is 103 Å². The number of aromatic nitrogens is 1. The lowest BCUT2D eigenvalue weighted by atomic mass is 10.0. The van der Waals surface area contributed by atoms with E-state index < -0.39 is 5.97 Å². The van der Waals surface area contributed by atoms with Gasteiger partial charge in [0.15, 0.2) is 0 Å². The minimum Gasteiger partial charge on any atom is -0.477 e. The third-order valence-electron chi connectivity index (χ3n) is 3.62. The molecule has 0 saturated carbocycles. The van der Waals surface area contributed by atoms with E-state index in [-0.39, 0.29) is 11.0 Å². The normalized spacial score (nSPS) is 13.8. The van der Waals surface area contributed by atoms with Crippen LogP contribution in [0.5, 0.6) is 0 Å². The molecule has 4 heteroatoms. The molecule has 1 aliphatic heterocycles. The quantitative estimate of drug-likeness (QED) is 0.832. The first kappa shape index (κ1) is 11.0. The molecule has 0 atom stereocenters. The van der Waals surface area contributed by atoms with Crippen molar-refractivity contribution in [3.8, 4) is 0 Å². The van der Waals surface area contributed by atoms with Crippen LogP contribution < -0.4 is 5.43 Å². The molecule has 2 aromatic rings. The average molecular weight is 243 g/mol. The van der Waals surface area contributed by atoms with E-state index in [9.17, 15) is 14.7 Å². The molecule has 18 heavy (non-hydrogen) atoms. The first-order chi connectivity index (χ1) is 8.61. The summed E-state index contributed by atoms with van der Waals surface area (Å²) in [4.78, 5) is 23.7. The lowest BCUT2D eigenvalue weighted by Gasteiger charge is -2.13. The van der Waals surface area contributed by atoms with Crippen LogP contribution in [0.2, 0.25) is 0 Å². The molecule has 1 aromatic heterocycles. The van der Waals surface area contributed by atoms with Crippen molar-refractivity contribution in [1.82, 2.24) is 4.57 Å². The SMILES string of the molecule is Cc1cccc2c1c(=O)c(C(=O)O)c1n2CCC1. The number of hydrogen-bond acceptors (Lipinski definition) is 2. The molecule has 1 N–H and O–H groups in total. The van der Waals surface area contributed by atoms with Crippen LogP contribution >= 0.6 is 0 Å². The Morgan fingerprint density at radius 3 is 2.89 bits per heavy atom. The summed E-state index contributed by atoms with van der Waals surface area (Å²) in [7, 11) is 0. The van der Waals surface area contributed by atoms with Crippen LogP contribution in [-0.4, -0.2) is 15.6 Å². The highest BCUT2D eigenvalue weighted by Gasteiger charge is 2.25. The summed E-state index contributed by atoms with van der Waals surface area (Å²) >= 11 is 0. The van der Waals surface area contributed by atoms with Gasteiger partial charge in [0, 0.05) is 17.6 Å². The van der Waals surface area contributed by atoms with Gasteiger partial charge in [0.25, 0.3) is 0 Å². The van der Waals surface area contributed by atoms with Crippen molar-refractivity contribution < 1.29 is 9.90 Å². The van der Waals surface area contributed by atoms with Crippen molar-refractivity contribution in [2.75, 3.05) is 0 Å². The van der Waals surface area contributed by atoms with Crippen LogP contribution in [0.1, 0.15) is 28.0 Å². The van der Waals surface area contributed by atoms with Gasteiger partial charge in [0.05, 0.1) is 5.52 Å². The third kappa shape index (κ3) is 1.32. The highest BCUT2D eigenvalue weighted by Crippen LogP contribution is 2.25. The minimum atomic E-state index is -1.11. The van der Waals surface area contributed by atoms with E-state index in [2.05, 4.69) is 0 Å². The van der Waals surface area contributed by atoms with Gasteiger partial charge in [-0.05, 0) is 31.4 Å². The Hall–Kier alpha value is -2.10. The fourth-order valence-electron chi connectivity index (χ4n) is 2.85. The second kappa shape index (κ2) is 3.70. The van der Waals surface area contributed by atoms with E-state index in [1.807, 2.05) is 29.7 Å². The highest BCUT2D eigenvalue weighted by molar-refractivity contribution is 5.95. The fraction of sp³-hybridized carbons (Fsp3) is 0.286. The van der Waals surface area contributed by atoms with E-state index in [0.29, 0.717) is 17.5 Å². The highest BCUT2D eigenvalue weighted by atomic mass is 16.4. The topological polar surface area (TPSA) is 59.3 Å². The number of carboxylic acid groups (broad SMARTS) is 1. The summed E-state index contributed by atoms with van der Waals surface area (Å²) in [5, 5.41) is 9.81. The van der Waals surface area contributed by atoms with E-state index in [4.69, 9.17) is 0 Å². The molecule has 0 fully saturated rings. The zero-order valence-electron chi connectivity index (χ0n) is 10.1. The summed E-state index contributed by atoms with van der Waals surface area (Å²) in [6, 6.07) is 5.64. The van der Waals surface area contributed by atoms with E-state index in [1.54, 1.807) is 0 Å². The van der Waals surface area contributed by atoms with Crippen LogP contribution in [0, 0.1) is 6.92 Å². The van der Waals surface area contributed by atoms with Gasteiger partial charge in [-0.15, -0.1) is 0 Å².